The lowest BCUT2D eigenvalue weighted by atomic mass is 9.93. The van der Waals surface area contributed by atoms with E-state index in [0.29, 0.717) is 6.54 Å². The quantitative estimate of drug-likeness (QED) is 0.675. The minimum Gasteiger partial charge on any atom is -0.454 e. The van der Waals surface area contributed by atoms with Crippen molar-refractivity contribution < 1.29 is 14.3 Å². The molecule has 1 aliphatic heterocycles. The fraction of sp³-hybridized carbons (Fsp3) is 0.409. The summed E-state index contributed by atoms with van der Waals surface area (Å²) >= 11 is 6.59. The molecule has 0 bridgehead atoms. The number of halogens is 1. The maximum atomic E-state index is 13.3. The first kappa shape index (κ1) is 18.2. The second-order valence-corrected chi connectivity index (χ2v) is 7.66. The van der Waals surface area contributed by atoms with Crippen LogP contribution in [0.3, 0.4) is 0 Å². The molecule has 2 aliphatic rings. The molecule has 4 rings (SSSR count). The van der Waals surface area contributed by atoms with Crippen molar-refractivity contribution >= 4 is 17.5 Å². The summed E-state index contributed by atoms with van der Waals surface area (Å²) in [7, 11) is 0. The average Bonchev–Trinajstić information content (AvgIpc) is 3.20. The number of fused-ring (bicyclic) bond motifs is 1. The van der Waals surface area contributed by atoms with Gasteiger partial charge in [-0.05, 0) is 36.1 Å². The van der Waals surface area contributed by atoms with Crippen LogP contribution in [-0.4, -0.2) is 23.6 Å². The number of hydrogen-bond donors (Lipinski definition) is 0. The number of hydrogen-bond acceptors (Lipinski definition) is 3. The largest absolute Gasteiger partial charge is 0.454 e. The van der Waals surface area contributed by atoms with Gasteiger partial charge in [-0.2, -0.15) is 0 Å². The van der Waals surface area contributed by atoms with E-state index in [1.807, 2.05) is 53.4 Å². The van der Waals surface area contributed by atoms with E-state index in [1.165, 1.54) is 6.42 Å². The summed E-state index contributed by atoms with van der Waals surface area (Å²) in [6.45, 7) is 0.790. The Hall–Kier alpha value is -2.20. The van der Waals surface area contributed by atoms with E-state index in [2.05, 4.69) is 0 Å². The van der Waals surface area contributed by atoms with E-state index in [0.717, 1.165) is 48.3 Å². The van der Waals surface area contributed by atoms with E-state index in [-0.39, 0.29) is 18.7 Å². The van der Waals surface area contributed by atoms with E-state index in [9.17, 15) is 4.79 Å². The highest BCUT2D eigenvalue weighted by Gasteiger charge is 2.31. The van der Waals surface area contributed by atoms with Crippen LogP contribution in [0.4, 0.5) is 0 Å². The maximum Gasteiger partial charge on any atom is 0.245 e. The summed E-state index contributed by atoms with van der Waals surface area (Å²) in [6.07, 6.45) is 5.64. The van der Waals surface area contributed by atoms with Gasteiger partial charge >= 0.3 is 0 Å². The molecule has 1 saturated carbocycles. The number of carbonyl (C=O) groups is 1. The second-order valence-electron chi connectivity index (χ2n) is 7.22. The lowest BCUT2D eigenvalue weighted by molar-refractivity contribution is -0.134. The average molecular weight is 386 g/mol. The summed E-state index contributed by atoms with van der Waals surface area (Å²) in [5.74, 6) is 1.48. The van der Waals surface area contributed by atoms with Gasteiger partial charge in [0.2, 0.25) is 12.7 Å². The molecule has 1 unspecified atom stereocenters. The number of benzene rings is 2. The number of alkyl halides is 1. The third-order valence-corrected chi connectivity index (χ3v) is 5.84. The van der Waals surface area contributed by atoms with Crippen molar-refractivity contribution in [3.05, 3.63) is 59.7 Å². The lowest BCUT2D eigenvalue weighted by Gasteiger charge is -2.36. The summed E-state index contributed by atoms with van der Waals surface area (Å²) in [4.78, 5) is 15.3. The third kappa shape index (κ3) is 4.06. The normalized spacial score (nSPS) is 17.5. The summed E-state index contributed by atoms with van der Waals surface area (Å²) in [5.41, 5.74) is 1.88. The number of rotatable bonds is 5. The molecule has 27 heavy (non-hydrogen) atoms. The third-order valence-electron chi connectivity index (χ3n) is 5.40. The fourth-order valence-corrected chi connectivity index (χ4v) is 4.20. The van der Waals surface area contributed by atoms with Gasteiger partial charge in [0.05, 0.1) is 0 Å². The van der Waals surface area contributed by atoms with Crippen LogP contribution in [-0.2, 0) is 11.3 Å². The van der Waals surface area contributed by atoms with E-state index in [4.69, 9.17) is 21.1 Å². The SMILES string of the molecule is O=C(C(Cl)c1ccccc1)N(Cc1ccc2c(c1)OCO2)C1CCCCC1. The minimum absolute atomic E-state index is 0.0209. The Morgan fingerprint density at radius 1 is 1.04 bits per heavy atom. The smallest absolute Gasteiger partial charge is 0.245 e. The molecule has 142 valence electrons. The highest BCUT2D eigenvalue weighted by molar-refractivity contribution is 6.30. The molecule has 2 aromatic carbocycles. The zero-order chi connectivity index (χ0) is 18.6. The summed E-state index contributed by atoms with van der Waals surface area (Å²) in [6, 6.07) is 15.7. The molecular formula is C22H24ClNO3. The molecule has 1 amide bonds. The van der Waals surface area contributed by atoms with Gasteiger partial charge in [-0.25, -0.2) is 0 Å². The molecule has 5 heteroatoms. The van der Waals surface area contributed by atoms with Crippen LogP contribution in [0.1, 0.15) is 48.6 Å². The van der Waals surface area contributed by atoms with Gasteiger partial charge in [0, 0.05) is 12.6 Å². The predicted octanol–water partition coefficient (Wildman–Crippen LogP) is 5.06. The number of carbonyl (C=O) groups excluding carboxylic acids is 1. The Morgan fingerprint density at radius 2 is 1.78 bits per heavy atom. The monoisotopic (exact) mass is 385 g/mol. The molecular weight excluding hydrogens is 362 g/mol. The van der Waals surface area contributed by atoms with E-state index >= 15 is 0 Å². The van der Waals surface area contributed by atoms with Crippen molar-refractivity contribution in [2.24, 2.45) is 0 Å². The maximum absolute atomic E-state index is 13.3. The van der Waals surface area contributed by atoms with Crippen LogP contribution >= 0.6 is 11.6 Å². The Labute approximate surface area is 165 Å². The highest BCUT2D eigenvalue weighted by atomic mass is 35.5. The van der Waals surface area contributed by atoms with Crippen LogP contribution < -0.4 is 9.47 Å². The van der Waals surface area contributed by atoms with Crippen LogP contribution in [0, 0.1) is 0 Å². The van der Waals surface area contributed by atoms with E-state index in [1.54, 1.807) is 0 Å². The fourth-order valence-electron chi connectivity index (χ4n) is 3.93. The number of amides is 1. The number of nitrogens with zero attached hydrogens (tertiary/aromatic N) is 1. The summed E-state index contributed by atoms with van der Waals surface area (Å²) in [5, 5.41) is -0.665. The van der Waals surface area contributed by atoms with Gasteiger partial charge in [0.15, 0.2) is 11.5 Å². The number of ether oxygens (including phenoxy) is 2. The van der Waals surface area contributed by atoms with E-state index < -0.39 is 5.38 Å². The zero-order valence-electron chi connectivity index (χ0n) is 15.3. The predicted molar refractivity (Wildman–Crippen MR) is 105 cm³/mol. The van der Waals surface area contributed by atoms with Gasteiger partial charge in [-0.3, -0.25) is 4.79 Å². The van der Waals surface area contributed by atoms with Crippen molar-refractivity contribution in [2.75, 3.05) is 6.79 Å². The van der Waals surface area contributed by atoms with Crippen molar-refractivity contribution in [3.8, 4) is 11.5 Å². The van der Waals surface area contributed by atoms with Crippen molar-refractivity contribution in [2.45, 2.75) is 50.1 Å². The molecule has 0 aromatic heterocycles. The zero-order valence-corrected chi connectivity index (χ0v) is 16.0. The topological polar surface area (TPSA) is 38.8 Å². The first-order valence-electron chi connectivity index (χ1n) is 9.60. The first-order chi connectivity index (χ1) is 13.2. The Morgan fingerprint density at radius 3 is 2.56 bits per heavy atom. The van der Waals surface area contributed by atoms with Crippen LogP contribution in [0.25, 0.3) is 0 Å². The van der Waals surface area contributed by atoms with Gasteiger partial charge in [-0.15, -0.1) is 11.6 Å². The minimum atomic E-state index is -0.665. The molecule has 0 spiro atoms. The Kier molecular flexibility index (Phi) is 5.53. The summed E-state index contributed by atoms with van der Waals surface area (Å²) < 4.78 is 10.9. The molecule has 1 aliphatic carbocycles. The van der Waals surface area contributed by atoms with Crippen molar-refractivity contribution in [3.63, 3.8) is 0 Å². The Bertz CT molecular complexity index is 789. The van der Waals surface area contributed by atoms with Gasteiger partial charge < -0.3 is 14.4 Å². The highest BCUT2D eigenvalue weighted by Crippen LogP contribution is 2.34. The molecule has 4 nitrogen and oxygen atoms in total. The molecule has 2 aromatic rings. The second kappa shape index (κ2) is 8.22. The van der Waals surface area contributed by atoms with Crippen LogP contribution in [0.5, 0.6) is 11.5 Å². The standard InChI is InChI=1S/C22H24ClNO3/c23-21(17-7-3-1-4-8-17)22(25)24(18-9-5-2-6-10-18)14-16-11-12-19-20(13-16)27-15-26-19/h1,3-4,7-8,11-13,18,21H,2,5-6,9-10,14-15H2. The van der Waals surface area contributed by atoms with Gasteiger partial charge in [0.25, 0.3) is 0 Å². The van der Waals surface area contributed by atoms with Crippen LogP contribution in [0.2, 0.25) is 0 Å². The van der Waals surface area contributed by atoms with Crippen molar-refractivity contribution in [1.82, 2.24) is 4.90 Å². The van der Waals surface area contributed by atoms with Gasteiger partial charge in [-0.1, -0.05) is 55.7 Å². The molecule has 0 saturated heterocycles. The molecule has 1 heterocycles. The van der Waals surface area contributed by atoms with Crippen molar-refractivity contribution in [1.29, 1.82) is 0 Å². The molecule has 1 atom stereocenters. The van der Waals surface area contributed by atoms with Gasteiger partial charge in [0.1, 0.15) is 5.38 Å². The Balaban J connectivity index is 1.57. The molecule has 1 fully saturated rings. The lowest BCUT2D eigenvalue weighted by Crippen LogP contribution is -2.42. The first-order valence-corrected chi connectivity index (χ1v) is 10.0. The molecule has 0 N–H and O–H groups in total. The van der Waals surface area contributed by atoms with Crippen LogP contribution in [0.15, 0.2) is 48.5 Å². The molecule has 0 radical (unpaired) electrons.